The minimum absolute atomic E-state index is 0.295. The van der Waals surface area contributed by atoms with Crippen molar-refractivity contribution in [2.24, 2.45) is 5.41 Å². The molecule has 0 amide bonds. The Hall–Kier alpha value is -1.42. The van der Waals surface area contributed by atoms with Gasteiger partial charge in [-0.05, 0) is 30.4 Å². The highest BCUT2D eigenvalue weighted by Gasteiger charge is 2.26. The van der Waals surface area contributed by atoms with E-state index in [4.69, 9.17) is 5.11 Å². The predicted octanol–water partition coefficient (Wildman–Crippen LogP) is 2.84. The van der Waals surface area contributed by atoms with E-state index in [2.05, 4.69) is 17.2 Å². The highest BCUT2D eigenvalue weighted by molar-refractivity contribution is 5.88. The largest absolute Gasteiger partial charge is 0.478 e. The quantitative estimate of drug-likeness (QED) is 0.856. The van der Waals surface area contributed by atoms with E-state index < -0.39 is 5.97 Å². The number of nitrogens with one attached hydrogen (secondary N) is 1. The van der Waals surface area contributed by atoms with Crippen molar-refractivity contribution in [1.29, 1.82) is 0 Å². The second-order valence-electron chi connectivity index (χ2n) is 5.78. The molecule has 2 rings (SSSR count). The molecule has 0 unspecified atom stereocenters. The first-order valence-electron chi connectivity index (χ1n) is 6.99. The number of hydrogen-bond acceptors (Lipinski definition) is 3. The lowest BCUT2D eigenvalue weighted by molar-refractivity contribution is 0.0695. The van der Waals surface area contributed by atoms with E-state index in [1.807, 2.05) is 0 Å². The average molecular weight is 262 g/mol. The molecule has 1 aliphatic rings. The lowest BCUT2D eigenvalue weighted by Crippen LogP contribution is -2.33. The molecule has 0 aromatic carbocycles. The minimum atomic E-state index is -0.909. The second kappa shape index (κ2) is 6.15. The monoisotopic (exact) mass is 262 g/mol. The number of carboxylic acid groups (broad SMARTS) is 1. The zero-order valence-corrected chi connectivity index (χ0v) is 11.5. The van der Waals surface area contributed by atoms with Crippen LogP contribution in [0.25, 0.3) is 0 Å². The standard InChI is InChI=1S/C15H22N2O2/c1-15(7-3-2-4-8-15)11-16-10-13-12(14(18)19)6-5-9-17-13/h5-6,9,16H,2-4,7-8,10-11H2,1H3,(H,18,19). The molecule has 1 aliphatic carbocycles. The van der Waals surface area contributed by atoms with E-state index in [0.717, 1.165) is 6.54 Å². The molecule has 4 heteroatoms. The van der Waals surface area contributed by atoms with E-state index in [1.165, 1.54) is 32.1 Å². The molecule has 0 radical (unpaired) electrons. The summed E-state index contributed by atoms with van der Waals surface area (Å²) < 4.78 is 0. The summed E-state index contributed by atoms with van der Waals surface area (Å²) in [5.74, 6) is -0.909. The van der Waals surface area contributed by atoms with Gasteiger partial charge in [0.2, 0.25) is 0 Å². The Bertz CT molecular complexity index is 440. The predicted molar refractivity (Wildman–Crippen MR) is 74.1 cm³/mol. The van der Waals surface area contributed by atoms with Gasteiger partial charge in [-0.25, -0.2) is 4.79 Å². The first-order valence-corrected chi connectivity index (χ1v) is 6.99. The van der Waals surface area contributed by atoms with Crippen molar-refractivity contribution in [3.63, 3.8) is 0 Å². The summed E-state index contributed by atoms with van der Waals surface area (Å²) in [5, 5.41) is 12.5. The van der Waals surface area contributed by atoms with Gasteiger partial charge in [0, 0.05) is 19.3 Å². The van der Waals surface area contributed by atoms with Crippen molar-refractivity contribution in [2.45, 2.75) is 45.6 Å². The molecule has 19 heavy (non-hydrogen) atoms. The molecule has 1 saturated carbocycles. The van der Waals surface area contributed by atoms with Gasteiger partial charge in [-0.1, -0.05) is 26.2 Å². The minimum Gasteiger partial charge on any atom is -0.478 e. The molecule has 1 aromatic heterocycles. The second-order valence-corrected chi connectivity index (χ2v) is 5.78. The molecule has 1 fully saturated rings. The van der Waals surface area contributed by atoms with E-state index in [1.54, 1.807) is 18.3 Å². The van der Waals surface area contributed by atoms with Gasteiger partial charge in [0.05, 0.1) is 11.3 Å². The van der Waals surface area contributed by atoms with E-state index in [0.29, 0.717) is 23.2 Å². The van der Waals surface area contributed by atoms with Crippen LogP contribution in [0.3, 0.4) is 0 Å². The highest BCUT2D eigenvalue weighted by Crippen LogP contribution is 2.34. The van der Waals surface area contributed by atoms with Crippen LogP contribution in [0.15, 0.2) is 18.3 Å². The highest BCUT2D eigenvalue weighted by atomic mass is 16.4. The van der Waals surface area contributed by atoms with Crippen molar-refractivity contribution >= 4 is 5.97 Å². The van der Waals surface area contributed by atoms with Gasteiger partial charge in [0.15, 0.2) is 0 Å². The van der Waals surface area contributed by atoms with Gasteiger partial charge >= 0.3 is 5.97 Å². The number of nitrogens with zero attached hydrogens (tertiary/aromatic N) is 1. The third-order valence-corrected chi connectivity index (χ3v) is 4.03. The fourth-order valence-electron chi connectivity index (χ4n) is 2.84. The normalized spacial score (nSPS) is 18.2. The van der Waals surface area contributed by atoms with Gasteiger partial charge in [-0.15, -0.1) is 0 Å². The lowest BCUT2D eigenvalue weighted by Gasteiger charge is -2.33. The van der Waals surface area contributed by atoms with Crippen molar-refractivity contribution in [1.82, 2.24) is 10.3 Å². The maximum atomic E-state index is 11.1. The summed E-state index contributed by atoms with van der Waals surface area (Å²) in [6, 6.07) is 3.27. The third-order valence-electron chi connectivity index (χ3n) is 4.03. The van der Waals surface area contributed by atoms with Crippen LogP contribution in [-0.4, -0.2) is 22.6 Å². The molecule has 2 N–H and O–H groups in total. The van der Waals surface area contributed by atoms with E-state index in [-0.39, 0.29) is 0 Å². The maximum absolute atomic E-state index is 11.1. The molecular weight excluding hydrogens is 240 g/mol. The van der Waals surface area contributed by atoms with Crippen molar-refractivity contribution < 1.29 is 9.90 Å². The SMILES string of the molecule is CC1(CNCc2ncccc2C(=O)O)CCCCC1. The summed E-state index contributed by atoms with van der Waals surface area (Å²) in [6.45, 7) is 3.77. The van der Waals surface area contributed by atoms with Gasteiger partial charge in [0.1, 0.15) is 0 Å². The molecule has 0 bridgehead atoms. The van der Waals surface area contributed by atoms with Crippen LogP contribution in [-0.2, 0) is 6.54 Å². The summed E-state index contributed by atoms with van der Waals surface area (Å²) in [5.41, 5.74) is 1.27. The summed E-state index contributed by atoms with van der Waals surface area (Å²) in [7, 11) is 0. The molecule has 104 valence electrons. The first kappa shape index (κ1) is 14.0. The van der Waals surface area contributed by atoms with Crippen LogP contribution in [0, 0.1) is 5.41 Å². The Labute approximate surface area is 114 Å². The van der Waals surface area contributed by atoms with Crippen LogP contribution in [0.5, 0.6) is 0 Å². The molecule has 0 spiro atoms. The number of carbonyl (C=O) groups is 1. The molecule has 0 aliphatic heterocycles. The summed E-state index contributed by atoms with van der Waals surface area (Å²) in [4.78, 5) is 15.2. The van der Waals surface area contributed by atoms with Crippen molar-refractivity contribution in [3.8, 4) is 0 Å². The number of aromatic carboxylic acids is 1. The van der Waals surface area contributed by atoms with Crippen LogP contribution in [0.1, 0.15) is 55.1 Å². The average Bonchev–Trinajstić information content (AvgIpc) is 2.40. The summed E-state index contributed by atoms with van der Waals surface area (Å²) in [6.07, 6.45) is 8.12. The van der Waals surface area contributed by atoms with E-state index in [9.17, 15) is 4.79 Å². The topological polar surface area (TPSA) is 62.2 Å². The smallest absolute Gasteiger partial charge is 0.337 e. The van der Waals surface area contributed by atoms with E-state index >= 15 is 0 Å². The molecule has 4 nitrogen and oxygen atoms in total. The lowest BCUT2D eigenvalue weighted by atomic mass is 9.76. The van der Waals surface area contributed by atoms with Crippen LogP contribution < -0.4 is 5.32 Å². The Balaban J connectivity index is 1.90. The van der Waals surface area contributed by atoms with Gasteiger partial charge < -0.3 is 10.4 Å². The number of hydrogen-bond donors (Lipinski definition) is 2. The number of rotatable bonds is 5. The molecule has 1 heterocycles. The first-order chi connectivity index (χ1) is 9.11. The Morgan fingerprint density at radius 3 is 2.84 bits per heavy atom. The zero-order chi connectivity index (χ0) is 13.7. The maximum Gasteiger partial charge on any atom is 0.337 e. The van der Waals surface area contributed by atoms with Crippen LogP contribution in [0.2, 0.25) is 0 Å². The van der Waals surface area contributed by atoms with Gasteiger partial charge in [-0.3, -0.25) is 4.98 Å². The summed E-state index contributed by atoms with van der Waals surface area (Å²) >= 11 is 0. The fraction of sp³-hybridized carbons (Fsp3) is 0.600. The molecule has 0 atom stereocenters. The van der Waals surface area contributed by atoms with Crippen LogP contribution >= 0.6 is 0 Å². The number of aromatic nitrogens is 1. The third kappa shape index (κ3) is 3.77. The molecular formula is C15H22N2O2. The molecule has 0 saturated heterocycles. The zero-order valence-electron chi connectivity index (χ0n) is 11.5. The Kier molecular flexibility index (Phi) is 4.53. The van der Waals surface area contributed by atoms with Gasteiger partial charge in [0.25, 0.3) is 0 Å². The fourth-order valence-corrected chi connectivity index (χ4v) is 2.84. The van der Waals surface area contributed by atoms with Crippen molar-refractivity contribution in [2.75, 3.05) is 6.54 Å². The number of carboxylic acids is 1. The van der Waals surface area contributed by atoms with Gasteiger partial charge in [-0.2, -0.15) is 0 Å². The Morgan fingerprint density at radius 1 is 1.42 bits per heavy atom. The number of pyridine rings is 1. The molecule has 1 aromatic rings. The van der Waals surface area contributed by atoms with Crippen molar-refractivity contribution in [3.05, 3.63) is 29.6 Å². The van der Waals surface area contributed by atoms with Crippen LogP contribution in [0.4, 0.5) is 0 Å². The Morgan fingerprint density at radius 2 is 2.16 bits per heavy atom.